The average Bonchev–Trinajstić information content (AvgIpc) is 2.04. The van der Waals surface area contributed by atoms with Crippen LogP contribution in [0.2, 0.25) is 0 Å². The first-order valence-corrected chi connectivity index (χ1v) is 5.07. The van der Waals surface area contributed by atoms with Gasteiger partial charge in [0.15, 0.2) is 0 Å². The van der Waals surface area contributed by atoms with E-state index in [1.165, 1.54) is 19.3 Å². The SMILES string of the molecule is C[C@@H]1CCC[C@@H](C)N1CCCF. The minimum absolute atomic E-state index is 0.171. The van der Waals surface area contributed by atoms with Gasteiger partial charge in [-0.1, -0.05) is 6.42 Å². The molecule has 0 aromatic heterocycles. The molecule has 0 aromatic rings. The maximum atomic E-state index is 12.0. The highest BCUT2D eigenvalue weighted by Crippen LogP contribution is 2.22. The van der Waals surface area contributed by atoms with Gasteiger partial charge >= 0.3 is 0 Å². The Hall–Kier alpha value is -0.110. The van der Waals surface area contributed by atoms with Gasteiger partial charge in [0.25, 0.3) is 0 Å². The molecule has 0 N–H and O–H groups in total. The number of hydrogen-bond donors (Lipinski definition) is 0. The fourth-order valence-corrected chi connectivity index (χ4v) is 2.16. The van der Waals surface area contributed by atoms with Crippen LogP contribution in [0.1, 0.15) is 39.5 Å². The number of hydrogen-bond acceptors (Lipinski definition) is 1. The summed E-state index contributed by atoms with van der Waals surface area (Å²) in [5.74, 6) is 0. The molecule has 0 saturated carbocycles. The number of alkyl halides is 1. The van der Waals surface area contributed by atoms with Crippen LogP contribution in [0.25, 0.3) is 0 Å². The smallest absolute Gasteiger partial charge is 0.0906 e. The van der Waals surface area contributed by atoms with Crippen molar-refractivity contribution in [2.75, 3.05) is 13.2 Å². The van der Waals surface area contributed by atoms with Crippen molar-refractivity contribution in [2.45, 2.75) is 51.6 Å². The molecule has 1 aliphatic heterocycles. The average molecular weight is 173 g/mol. The van der Waals surface area contributed by atoms with E-state index in [1.54, 1.807) is 0 Å². The van der Waals surface area contributed by atoms with Crippen molar-refractivity contribution in [3.05, 3.63) is 0 Å². The van der Waals surface area contributed by atoms with Gasteiger partial charge in [0.1, 0.15) is 0 Å². The van der Waals surface area contributed by atoms with E-state index in [4.69, 9.17) is 0 Å². The fraction of sp³-hybridized carbons (Fsp3) is 1.00. The molecular weight excluding hydrogens is 153 g/mol. The van der Waals surface area contributed by atoms with E-state index >= 15 is 0 Å². The van der Waals surface area contributed by atoms with Crippen molar-refractivity contribution in [3.8, 4) is 0 Å². The molecule has 1 saturated heterocycles. The predicted molar refractivity (Wildman–Crippen MR) is 50.1 cm³/mol. The summed E-state index contributed by atoms with van der Waals surface area (Å²) in [5, 5.41) is 0. The molecule has 1 nitrogen and oxygen atoms in total. The lowest BCUT2D eigenvalue weighted by Gasteiger charge is -2.38. The Balaban J connectivity index is 2.34. The van der Waals surface area contributed by atoms with Gasteiger partial charge in [0.2, 0.25) is 0 Å². The lowest BCUT2D eigenvalue weighted by molar-refractivity contribution is 0.0995. The van der Waals surface area contributed by atoms with Gasteiger partial charge in [-0.15, -0.1) is 0 Å². The highest BCUT2D eigenvalue weighted by molar-refractivity contribution is 4.78. The highest BCUT2D eigenvalue weighted by Gasteiger charge is 2.23. The summed E-state index contributed by atoms with van der Waals surface area (Å²) in [6.45, 7) is 5.29. The van der Waals surface area contributed by atoms with Gasteiger partial charge < -0.3 is 0 Å². The monoisotopic (exact) mass is 173 g/mol. The number of likely N-dealkylation sites (tertiary alicyclic amines) is 1. The highest BCUT2D eigenvalue weighted by atomic mass is 19.1. The third-order valence-electron chi connectivity index (χ3n) is 2.93. The summed E-state index contributed by atoms with van der Waals surface area (Å²) in [7, 11) is 0. The lowest BCUT2D eigenvalue weighted by Crippen LogP contribution is -2.44. The summed E-state index contributed by atoms with van der Waals surface area (Å²) in [5.41, 5.74) is 0. The van der Waals surface area contributed by atoms with E-state index in [-0.39, 0.29) is 6.67 Å². The third-order valence-corrected chi connectivity index (χ3v) is 2.93. The van der Waals surface area contributed by atoms with Gasteiger partial charge in [0.05, 0.1) is 6.67 Å². The Morgan fingerprint density at radius 3 is 2.33 bits per heavy atom. The summed E-state index contributed by atoms with van der Waals surface area (Å²) >= 11 is 0. The van der Waals surface area contributed by atoms with Crippen molar-refractivity contribution >= 4 is 0 Å². The van der Waals surface area contributed by atoms with Crippen molar-refractivity contribution < 1.29 is 4.39 Å². The van der Waals surface area contributed by atoms with E-state index in [2.05, 4.69) is 18.7 Å². The van der Waals surface area contributed by atoms with Crippen LogP contribution in [0, 0.1) is 0 Å². The van der Waals surface area contributed by atoms with Crippen LogP contribution in [-0.2, 0) is 0 Å². The zero-order valence-electron chi connectivity index (χ0n) is 8.22. The van der Waals surface area contributed by atoms with Crippen molar-refractivity contribution in [1.82, 2.24) is 4.90 Å². The van der Waals surface area contributed by atoms with Gasteiger partial charge in [-0.05, 0) is 33.1 Å². The van der Waals surface area contributed by atoms with Crippen LogP contribution < -0.4 is 0 Å². The quantitative estimate of drug-likeness (QED) is 0.634. The Kier molecular flexibility index (Phi) is 3.99. The minimum atomic E-state index is -0.171. The van der Waals surface area contributed by atoms with E-state index in [9.17, 15) is 4.39 Å². The molecule has 2 atom stereocenters. The van der Waals surface area contributed by atoms with Crippen LogP contribution in [0.4, 0.5) is 4.39 Å². The van der Waals surface area contributed by atoms with Crippen LogP contribution in [0.15, 0.2) is 0 Å². The first-order chi connectivity index (χ1) is 5.75. The molecule has 0 radical (unpaired) electrons. The van der Waals surface area contributed by atoms with Crippen LogP contribution in [-0.4, -0.2) is 30.2 Å². The summed E-state index contributed by atoms with van der Waals surface area (Å²) < 4.78 is 12.0. The Morgan fingerprint density at radius 1 is 1.25 bits per heavy atom. The number of rotatable bonds is 3. The second-order valence-electron chi connectivity index (χ2n) is 3.91. The first kappa shape index (κ1) is 9.97. The Labute approximate surface area is 74.9 Å². The van der Waals surface area contributed by atoms with Crippen LogP contribution in [0.5, 0.6) is 0 Å². The van der Waals surface area contributed by atoms with E-state index < -0.39 is 0 Å². The molecular formula is C10H20FN. The molecule has 1 aliphatic rings. The zero-order valence-corrected chi connectivity index (χ0v) is 8.22. The summed E-state index contributed by atoms with van der Waals surface area (Å²) in [4.78, 5) is 2.45. The van der Waals surface area contributed by atoms with Crippen molar-refractivity contribution in [1.29, 1.82) is 0 Å². The predicted octanol–water partition coefficient (Wildman–Crippen LogP) is 2.61. The van der Waals surface area contributed by atoms with Gasteiger partial charge in [-0.3, -0.25) is 9.29 Å². The third kappa shape index (κ3) is 2.44. The zero-order chi connectivity index (χ0) is 8.97. The molecule has 0 amide bonds. The van der Waals surface area contributed by atoms with Gasteiger partial charge in [-0.2, -0.15) is 0 Å². The molecule has 0 bridgehead atoms. The Bertz CT molecular complexity index is 117. The molecule has 0 aliphatic carbocycles. The van der Waals surface area contributed by atoms with Gasteiger partial charge in [0, 0.05) is 18.6 Å². The standard InChI is InChI=1S/C10H20FN/c1-9-5-3-6-10(2)12(9)8-4-7-11/h9-10H,3-8H2,1-2H3/t9-,10-/m1/s1. The van der Waals surface area contributed by atoms with E-state index in [0.29, 0.717) is 18.5 Å². The topological polar surface area (TPSA) is 3.24 Å². The molecule has 0 spiro atoms. The molecule has 0 aromatic carbocycles. The number of nitrogens with zero attached hydrogens (tertiary/aromatic N) is 1. The molecule has 72 valence electrons. The van der Waals surface area contributed by atoms with E-state index in [0.717, 1.165) is 6.54 Å². The van der Waals surface area contributed by atoms with Crippen LogP contribution in [0.3, 0.4) is 0 Å². The van der Waals surface area contributed by atoms with Crippen molar-refractivity contribution in [3.63, 3.8) is 0 Å². The number of piperidine rings is 1. The van der Waals surface area contributed by atoms with Crippen molar-refractivity contribution in [2.24, 2.45) is 0 Å². The maximum absolute atomic E-state index is 12.0. The molecule has 12 heavy (non-hydrogen) atoms. The Morgan fingerprint density at radius 2 is 1.83 bits per heavy atom. The fourth-order valence-electron chi connectivity index (χ4n) is 2.16. The molecule has 1 heterocycles. The normalized spacial score (nSPS) is 32.2. The molecule has 0 unspecified atom stereocenters. The summed E-state index contributed by atoms with van der Waals surface area (Å²) in [6, 6.07) is 1.33. The molecule has 2 heteroatoms. The maximum Gasteiger partial charge on any atom is 0.0906 e. The minimum Gasteiger partial charge on any atom is -0.298 e. The van der Waals surface area contributed by atoms with Crippen LogP contribution >= 0.6 is 0 Å². The second kappa shape index (κ2) is 4.80. The lowest BCUT2D eigenvalue weighted by atomic mass is 9.97. The van der Waals surface area contributed by atoms with Gasteiger partial charge in [-0.25, -0.2) is 0 Å². The van der Waals surface area contributed by atoms with E-state index in [1.807, 2.05) is 0 Å². The largest absolute Gasteiger partial charge is 0.298 e. The molecule has 1 rings (SSSR count). The second-order valence-corrected chi connectivity index (χ2v) is 3.91. The number of halogens is 1. The first-order valence-electron chi connectivity index (χ1n) is 5.07. The summed E-state index contributed by atoms with van der Waals surface area (Å²) in [6.07, 6.45) is 4.62. The molecule has 1 fully saturated rings.